The fraction of sp³-hybridized carbons (Fsp3) is 0.692. The number of esters is 1. The van der Waals surface area contributed by atoms with Crippen LogP contribution in [0.3, 0.4) is 0 Å². The molecule has 0 saturated heterocycles. The number of carbonyl (C=O) groups excluding carboxylic acids is 2. The predicted molar refractivity (Wildman–Crippen MR) is 123 cm³/mol. The van der Waals surface area contributed by atoms with Crippen molar-refractivity contribution in [1.82, 2.24) is 5.32 Å². The Hall–Kier alpha value is -2.08. The lowest BCUT2D eigenvalue weighted by Gasteiger charge is -2.38. The fourth-order valence-corrected chi connectivity index (χ4v) is 5.29. The lowest BCUT2D eigenvalue weighted by atomic mass is 9.71. The fourth-order valence-electron chi connectivity index (χ4n) is 5.29. The third-order valence-corrected chi connectivity index (χ3v) is 7.21. The van der Waals surface area contributed by atoms with Crippen molar-refractivity contribution in [3.05, 3.63) is 29.8 Å². The van der Waals surface area contributed by atoms with E-state index in [9.17, 15) is 14.7 Å². The SMILES string of the molecule is CC(C)OC(=O)NCC1(CC(=O)Oc2cccc(C3(O)CCCCC3C)c2)CCCCC1. The zero-order chi connectivity index (χ0) is 23.2. The number of ether oxygens (including phenoxy) is 2. The molecule has 2 unspecified atom stereocenters. The van der Waals surface area contributed by atoms with Crippen LogP contribution in [0.2, 0.25) is 0 Å². The van der Waals surface area contributed by atoms with Crippen molar-refractivity contribution in [3.8, 4) is 5.75 Å². The minimum Gasteiger partial charge on any atom is -0.447 e. The molecular weight excluding hydrogens is 406 g/mol. The summed E-state index contributed by atoms with van der Waals surface area (Å²) < 4.78 is 10.9. The van der Waals surface area contributed by atoms with Gasteiger partial charge in [-0.25, -0.2) is 4.79 Å². The van der Waals surface area contributed by atoms with E-state index in [-0.39, 0.29) is 29.8 Å². The Morgan fingerprint density at radius 2 is 1.84 bits per heavy atom. The number of hydrogen-bond acceptors (Lipinski definition) is 5. The quantitative estimate of drug-likeness (QED) is 0.430. The summed E-state index contributed by atoms with van der Waals surface area (Å²) in [6, 6.07) is 7.35. The summed E-state index contributed by atoms with van der Waals surface area (Å²) in [7, 11) is 0. The molecule has 3 rings (SSSR count). The third-order valence-electron chi connectivity index (χ3n) is 7.21. The topological polar surface area (TPSA) is 84.9 Å². The van der Waals surface area contributed by atoms with Crippen LogP contribution in [0.25, 0.3) is 0 Å². The van der Waals surface area contributed by atoms with Gasteiger partial charge < -0.3 is 19.9 Å². The number of rotatable bonds is 7. The van der Waals surface area contributed by atoms with Gasteiger partial charge in [-0.2, -0.15) is 0 Å². The lowest BCUT2D eigenvalue weighted by molar-refractivity contribution is -0.137. The molecule has 0 aliphatic heterocycles. The minimum atomic E-state index is -0.869. The maximum absolute atomic E-state index is 12.9. The van der Waals surface area contributed by atoms with E-state index in [4.69, 9.17) is 9.47 Å². The maximum Gasteiger partial charge on any atom is 0.407 e. The van der Waals surface area contributed by atoms with Gasteiger partial charge >= 0.3 is 12.1 Å². The van der Waals surface area contributed by atoms with E-state index in [0.717, 1.165) is 63.4 Å². The van der Waals surface area contributed by atoms with Crippen molar-refractivity contribution >= 4 is 12.1 Å². The van der Waals surface area contributed by atoms with E-state index in [1.165, 1.54) is 0 Å². The molecule has 2 fully saturated rings. The standard InChI is InChI=1S/C26H39NO5/c1-19(2)31-24(29)27-18-25(13-6-4-7-14-25)17-23(28)32-22-12-9-11-21(16-22)26(30)15-8-5-10-20(26)3/h9,11-12,16,19-20,30H,4-8,10,13-15,17-18H2,1-3H3,(H,27,29). The molecular formula is C26H39NO5. The summed E-state index contributed by atoms with van der Waals surface area (Å²) in [6.07, 6.45) is 8.45. The van der Waals surface area contributed by atoms with Crippen LogP contribution in [0.15, 0.2) is 24.3 Å². The largest absolute Gasteiger partial charge is 0.447 e. The number of nitrogens with one attached hydrogen (secondary N) is 1. The number of hydrogen-bond donors (Lipinski definition) is 2. The first-order chi connectivity index (χ1) is 15.2. The highest BCUT2D eigenvalue weighted by molar-refractivity contribution is 5.73. The van der Waals surface area contributed by atoms with Gasteiger partial charge in [-0.15, -0.1) is 0 Å². The van der Waals surface area contributed by atoms with Crippen LogP contribution in [0, 0.1) is 11.3 Å². The minimum absolute atomic E-state index is 0.171. The van der Waals surface area contributed by atoms with Crippen LogP contribution < -0.4 is 10.1 Å². The monoisotopic (exact) mass is 445 g/mol. The Bertz CT molecular complexity index is 786. The molecule has 1 aromatic carbocycles. The van der Waals surface area contributed by atoms with Gasteiger partial charge in [0.15, 0.2) is 0 Å². The van der Waals surface area contributed by atoms with Crippen molar-refractivity contribution in [2.24, 2.45) is 11.3 Å². The maximum atomic E-state index is 12.9. The van der Waals surface area contributed by atoms with E-state index < -0.39 is 11.7 Å². The van der Waals surface area contributed by atoms with Crippen molar-refractivity contribution in [2.45, 2.75) is 96.7 Å². The molecule has 178 valence electrons. The first-order valence-corrected chi connectivity index (χ1v) is 12.2. The number of aliphatic hydroxyl groups is 1. The van der Waals surface area contributed by atoms with Gasteiger partial charge in [-0.3, -0.25) is 4.79 Å². The molecule has 1 aromatic rings. The Labute approximate surface area is 192 Å². The second kappa shape index (κ2) is 10.7. The molecule has 0 spiro atoms. The molecule has 2 aliphatic rings. The number of carbonyl (C=O) groups is 2. The smallest absolute Gasteiger partial charge is 0.407 e. The van der Waals surface area contributed by atoms with Gasteiger partial charge in [-0.05, 0) is 68.6 Å². The molecule has 1 amide bonds. The third kappa shape index (κ3) is 6.25. The van der Waals surface area contributed by atoms with Crippen molar-refractivity contribution < 1.29 is 24.2 Å². The lowest BCUT2D eigenvalue weighted by Crippen LogP contribution is -2.41. The van der Waals surface area contributed by atoms with Gasteiger partial charge in [0, 0.05) is 6.54 Å². The normalized spacial score (nSPS) is 25.2. The average Bonchev–Trinajstić information content (AvgIpc) is 2.75. The highest BCUT2D eigenvalue weighted by Crippen LogP contribution is 2.43. The molecule has 0 bridgehead atoms. The van der Waals surface area contributed by atoms with Gasteiger partial charge in [-0.1, -0.05) is 51.2 Å². The molecule has 0 radical (unpaired) electrons. The van der Waals surface area contributed by atoms with Crippen molar-refractivity contribution in [1.29, 1.82) is 0 Å². The number of alkyl carbamates (subject to hydrolysis) is 1. The summed E-state index contributed by atoms with van der Waals surface area (Å²) in [5.74, 6) is 0.341. The van der Waals surface area contributed by atoms with E-state index in [2.05, 4.69) is 12.2 Å². The summed E-state index contributed by atoms with van der Waals surface area (Å²) in [5.41, 5.74) is -0.356. The number of amides is 1. The van der Waals surface area contributed by atoms with Crippen molar-refractivity contribution in [3.63, 3.8) is 0 Å². The van der Waals surface area contributed by atoms with Crippen molar-refractivity contribution in [2.75, 3.05) is 6.54 Å². The molecule has 6 heteroatoms. The van der Waals surface area contributed by atoms with Crippen LogP contribution in [0.4, 0.5) is 4.79 Å². The molecule has 2 N–H and O–H groups in total. The highest BCUT2D eigenvalue weighted by atomic mass is 16.6. The molecule has 32 heavy (non-hydrogen) atoms. The second-order valence-electron chi connectivity index (χ2n) is 10.1. The van der Waals surface area contributed by atoms with Gasteiger partial charge in [0.2, 0.25) is 0 Å². The van der Waals surface area contributed by atoms with E-state index >= 15 is 0 Å². The first kappa shape index (κ1) is 24.6. The Morgan fingerprint density at radius 3 is 2.53 bits per heavy atom. The summed E-state index contributed by atoms with van der Waals surface area (Å²) in [5, 5.41) is 14.1. The van der Waals surface area contributed by atoms with Crippen LogP contribution in [-0.2, 0) is 15.1 Å². The number of benzene rings is 1. The summed E-state index contributed by atoms with van der Waals surface area (Å²) >= 11 is 0. The van der Waals surface area contributed by atoms with E-state index in [1.54, 1.807) is 6.07 Å². The summed E-state index contributed by atoms with van der Waals surface area (Å²) in [6.45, 7) is 6.12. The molecule has 6 nitrogen and oxygen atoms in total. The zero-order valence-corrected chi connectivity index (χ0v) is 19.8. The predicted octanol–water partition coefficient (Wildman–Crippen LogP) is 5.46. The molecule has 2 atom stereocenters. The molecule has 0 heterocycles. The first-order valence-electron chi connectivity index (χ1n) is 12.2. The van der Waals surface area contributed by atoms with Crippen LogP contribution >= 0.6 is 0 Å². The average molecular weight is 446 g/mol. The Morgan fingerprint density at radius 1 is 1.12 bits per heavy atom. The second-order valence-corrected chi connectivity index (χ2v) is 10.1. The van der Waals surface area contributed by atoms with Crippen LogP contribution in [0.5, 0.6) is 5.75 Å². The molecule has 2 saturated carbocycles. The van der Waals surface area contributed by atoms with Crippen LogP contribution in [0.1, 0.15) is 90.5 Å². The van der Waals surface area contributed by atoms with Crippen LogP contribution in [-0.4, -0.2) is 29.8 Å². The van der Waals surface area contributed by atoms with Gasteiger partial charge in [0.1, 0.15) is 5.75 Å². The molecule has 0 aromatic heterocycles. The summed E-state index contributed by atoms with van der Waals surface area (Å²) in [4.78, 5) is 24.9. The van der Waals surface area contributed by atoms with E-state index in [1.807, 2.05) is 32.0 Å². The molecule has 2 aliphatic carbocycles. The zero-order valence-electron chi connectivity index (χ0n) is 19.8. The Kier molecular flexibility index (Phi) is 8.21. The van der Waals surface area contributed by atoms with Gasteiger partial charge in [0.05, 0.1) is 18.1 Å². The highest BCUT2D eigenvalue weighted by Gasteiger charge is 2.38. The Balaban J connectivity index is 1.65. The van der Waals surface area contributed by atoms with Gasteiger partial charge in [0.25, 0.3) is 0 Å². The van der Waals surface area contributed by atoms with E-state index in [0.29, 0.717) is 12.3 Å².